The molecule has 0 fully saturated rings. The van der Waals surface area contributed by atoms with Gasteiger partial charge in [0.1, 0.15) is 24.2 Å². The predicted molar refractivity (Wildman–Crippen MR) is 108 cm³/mol. The van der Waals surface area contributed by atoms with Gasteiger partial charge >= 0.3 is 0 Å². The van der Waals surface area contributed by atoms with E-state index in [0.29, 0.717) is 5.82 Å². The Morgan fingerprint density at radius 2 is 1.83 bits per heavy atom. The molecule has 1 atom stereocenters. The van der Waals surface area contributed by atoms with Crippen LogP contribution in [-0.2, 0) is 18.4 Å². The highest BCUT2D eigenvalue weighted by atomic mass is 19.1. The first kappa shape index (κ1) is 19.3. The number of aromatic nitrogens is 4. The Labute approximate surface area is 169 Å². The molecule has 152 valence electrons. The van der Waals surface area contributed by atoms with Crippen molar-refractivity contribution in [3.8, 4) is 0 Å². The van der Waals surface area contributed by atoms with E-state index in [1.54, 1.807) is 54.3 Å². The van der Waals surface area contributed by atoms with Crippen LogP contribution in [0.2, 0.25) is 0 Å². The van der Waals surface area contributed by atoms with E-state index in [-0.39, 0.29) is 16.3 Å². The van der Waals surface area contributed by atoms with Crippen LogP contribution >= 0.6 is 0 Å². The fraction of sp³-hybridized carbons (Fsp3) is 0.143. The molecule has 0 saturated heterocycles. The molecule has 0 bridgehead atoms. The van der Waals surface area contributed by atoms with Gasteiger partial charge in [-0.05, 0) is 18.2 Å². The number of amides is 1. The van der Waals surface area contributed by atoms with Gasteiger partial charge in [-0.15, -0.1) is 0 Å². The molecule has 0 aliphatic heterocycles. The number of nitrogens with zero attached hydrogens (tertiary/aromatic N) is 3. The zero-order chi connectivity index (χ0) is 21.3. The summed E-state index contributed by atoms with van der Waals surface area (Å²) < 4.78 is 17.1. The number of carbonyl (C=O) groups is 1. The summed E-state index contributed by atoms with van der Waals surface area (Å²) in [4.78, 5) is 41.9. The van der Waals surface area contributed by atoms with Crippen LogP contribution in [0.5, 0.6) is 0 Å². The smallest absolute Gasteiger partial charge is 0.273 e. The minimum absolute atomic E-state index is 0.212. The maximum atomic E-state index is 14.4. The van der Waals surface area contributed by atoms with Gasteiger partial charge < -0.3 is 9.88 Å². The van der Waals surface area contributed by atoms with Crippen LogP contribution in [0, 0.1) is 5.82 Å². The van der Waals surface area contributed by atoms with Crippen LogP contribution in [0.25, 0.3) is 10.8 Å². The normalized spacial score (nSPS) is 12.1. The van der Waals surface area contributed by atoms with Crippen LogP contribution in [0.1, 0.15) is 17.4 Å². The maximum absolute atomic E-state index is 14.4. The van der Waals surface area contributed by atoms with Gasteiger partial charge in [0.25, 0.3) is 11.1 Å². The van der Waals surface area contributed by atoms with Gasteiger partial charge in [0.2, 0.25) is 5.91 Å². The van der Waals surface area contributed by atoms with E-state index in [1.807, 2.05) is 0 Å². The van der Waals surface area contributed by atoms with Crippen molar-refractivity contribution in [2.45, 2.75) is 12.6 Å². The number of aryl methyl sites for hydroxylation is 1. The van der Waals surface area contributed by atoms with Gasteiger partial charge in [-0.2, -0.15) is 0 Å². The lowest BCUT2D eigenvalue weighted by molar-refractivity contribution is -0.122. The number of rotatable bonds is 5. The zero-order valence-corrected chi connectivity index (χ0v) is 16.0. The summed E-state index contributed by atoms with van der Waals surface area (Å²) in [6, 6.07) is 11.5. The molecule has 2 aromatic carbocycles. The summed E-state index contributed by atoms with van der Waals surface area (Å²) in [7, 11) is 1.73. The molecule has 9 heteroatoms. The van der Waals surface area contributed by atoms with Gasteiger partial charge in [-0.25, -0.2) is 14.1 Å². The van der Waals surface area contributed by atoms with Crippen molar-refractivity contribution < 1.29 is 9.18 Å². The number of H-pyrrole nitrogens is 1. The summed E-state index contributed by atoms with van der Waals surface area (Å²) in [5.41, 5.74) is -0.743. The Bertz CT molecular complexity index is 1350. The highest BCUT2D eigenvalue weighted by Crippen LogP contribution is 2.23. The predicted octanol–water partition coefficient (Wildman–Crippen LogP) is 1.47. The highest BCUT2D eigenvalue weighted by Gasteiger charge is 2.24. The summed E-state index contributed by atoms with van der Waals surface area (Å²) in [5.74, 6) is -0.658. The molecule has 30 heavy (non-hydrogen) atoms. The van der Waals surface area contributed by atoms with Crippen molar-refractivity contribution in [1.29, 1.82) is 0 Å². The monoisotopic (exact) mass is 407 g/mol. The maximum Gasteiger partial charge on any atom is 0.273 e. The second-order valence-electron chi connectivity index (χ2n) is 6.80. The number of nitrogens with one attached hydrogen (secondary N) is 2. The molecule has 2 aromatic heterocycles. The third kappa shape index (κ3) is 3.52. The molecule has 4 aromatic rings. The number of hydrogen-bond acceptors (Lipinski definition) is 4. The first-order valence-corrected chi connectivity index (χ1v) is 9.18. The molecule has 2 N–H and O–H groups in total. The van der Waals surface area contributed by atoms with E-state index >= 15 is 0 Å². The molecule has 0 aliphatic carbocycles. The Hall–Kier alpha value is -4.01. The van der Waals surface area contributed by atoms with Crippen LogP contribution in [-0.4, -0.2) is 25.2 Å². The minimum Gasteiger partial charge on any atom is -0.340 e. The van der Waals surface area contributed by atoms with Gasteiger partial charge in [0.05, 0.1) is 10.8 Å². The summed E-state index contributed by atoms with van der Waals surface area (Å²) in [5, 5.41) is 5.59. The van der Waals surface area contributed by atoms with Crippen molar-refractivity contribution >= 4 is 16.7 Å². The van der Waals surface area contributed by atoms with E-state index in [2.05, 4.69) is 15.4 Å². The molecule has 0 unspecified atom stereocenters. The first-order chi connectivity index (χ1) is 14.5. The van der Waals surface area contributed by atoms with Crippen LogP contribution < -0.4 is 16.4 Å². The lowest BCUT2D eigenvalue weighted by Gasteiger charge is -2.20. The fourth-order valence-corrected chi connectivity index (χ4v) is 3.35. The van der Waals surface area contributed by atoms with Crippen LogP contribution in [0.4, 0.5) is 4.39 Å². The summed E-state index contributed by atoms with van der Waals surface area (Å²) >= 11 is 0. The second kappa shape index (κ2) is 7.78. The quantitative estimate of drug-likeness (QED) is 0.523. The van der Waals surface area contributed by atoms with Gasteiger partial charge in [0.15, 0.2) is 0 Å². The van der Waals surface area contributed by atoms with Crippen molar-refractivity contribution in [3.63, 3.8) is 0 Å². The Morgan fingerprint density at radius 1 is 1.13 bits per heavy atom. The van der Waals surface area contributed by atoms with E-state index in [9.17, 15) is 18.8 Å². The number of carbonyl (C=O) groups excluding carboxylic acids is 1. The van der Waals surface area contributed by atoms with Gasteiger partial charge in [-0.1, -0.05) is 30.3 Å². The summed E-state index contributed by atoms with van der Waals surface area (Å²) in [6.45, 7) is -0.436. The molecule has 0 radical (unpaired) electrons. The molecule has 0 aliphatic rings. The Morgan fingerprint density at radius 3 is 2.53 bits per heavy atom. The third-order valence-corrected chi connectivity index (χ3v) is 4.82. The third-order valence-electron chi connectivity index (χ3n) is 4.82. The number of aromatic amines is 1. The highest BCUT2D eigenvalue weighted by molar-refractivity contribution is 5.81. The van der Waals surface area contributed by atoms with Gasteiger partial charge in [0, 0.05) is 25.0 Å². The van der Waals surface area contributed by atoms with E-state index in [0.717, 1.165) is 4.68 Å². The number of imidazole rings is 1. The average molecular weight is 407 g/mol. The molecule has 0 spiro atoms. The average Bonchev–Trinajstić information content (AvgIpc) is 3.16. The molecule has 8 nitrogen and oxygen atoms in total. The lowest BCUT2D eigenvalue weighted by Crippen LogP contribution is -2.39. The fourth-order valence-electron chi connectivity index (χ4n) is 3.35. The standard InChI is InChI=1S/C21H18FN5O3/c1-26-11-10-23-19(26)18(15-8-4-5-9-16(15)22)24-17(28)12-27-21(30)14-7-3-2-6-13(14)20(29)25-27/h2-11,18H,12H2,1H3,(H,24,28)(H,25,29)/t18-/m0/s1. The lowest BCUT2D eigenvalue weighted by atomic mass is 10.1. The largest absolute Gasteiger partial charge is 0.340 e. The Kier molecular flexibility index (Phi) is 5.01. The minimum atomic E-state index is -0.874. The van der Waals surface area contributed by atoms with Crippen LogP contribution in [0.15, 0.2) is 70.5 Å². The van der Waals surface area contributed by atoms with Gasteiger partial charge in [-0.3, -0.25) is 19.5 Å². The van der Waals surface area contributed by atoms with Crippen molar-refractivity contribution in [2.24, 2.45) is 7.05 Å². The topological polar surface area (TPSA) is 102 Å². The summed E-state index contributed by atoms with van der Waals surface area (Å²) in [6.07, 6.45) is 3.22. The van der Waals surface area contributed by atoms with Crippen molar-refractivity contribution in [2.75, 3.05) is 0 Å². The van der Waals surface area contributed by atoms with E-state index in [4.69, 9.17) is 0 Å². The first-order valence-electron chi connectivity index (χ1n) is 9.18. The molecular formula is C21H18FN5O3. The molecular weight excluding hydrogens is 389 g/mol. The second-order valence-corrected chi connectivity index (χ2v) is 6.80. The van der Waals surface area contributed by atoms with Crippen LogP contribution in [0.3, 0.4) is 0 Å². The van der Waals surface area contributed by atoms with Crippen molar-refractivity contribution in [3.05, 3.63) is 98.8 Å². The molecule has 0 saturated carbocycles. The number of benzene rings is 2. The van der Waals surface area contributed by atoms with E-state index < -0.39 is 35.4 Å². The molecule has 4 rings (SSSR count). The number of halogens is 1. The molecule has 2 heterocycles. The number of hydrogen-bond donors (Lipinski definition) is 2. The van der Waals surface area contributed by atoms with Crippen molar-refractivity contribution in [1.82, 2.24) is 24.6 Å². The number of fused-ring (bicyclic) bond motifs is 1. The Balaban J connectivity index is 1.68. The SMILES string of the molecule is Cn1ccnc1[C@@H](NC(=O)Cn1[nH]c(=O)c2ccccc2c1=O)c1ccccc1F. The van der Waals surface area contributed by atoms with E-state index in [1.165, 1.54) is 18.2 Å². The molecule has 1 amide bonds. The zero-order valence-electron chi connectivity index (χ0n) is 16.0.